The summed E-state index contributed by atoms with van der Waals surface area (Å²) < 4.78 is 51.9. The molecule has 0 aliphatic carbocycles. The van der Waals surface area contributed by atoms with Crippen LogP contribution in [0.3, 0.4) is 0 Å². The van der Waals surface area contributed by atoms with E-state index in [1.54, 1.807) is 0 Å². The van der Waals surface area contributed by atoms with Crippen LogP contribution >= 0.6 is 0 Å². The number of aromatic nitrogens is 1. The van der Waals surface area contributed by atoms with E-state index in [4.69, 9.17) is 5.11 Å². The molecule has 0 aliphatic heterocycles. The third kappa shape index (κ3) is 3.75. The van der Waals surface area contributed by atoms with E-state index in [1.807, 2.05) is 4.98 Å². The van der Waals surface area contributed by atoms with E-state index >= 15 is 0 Å². The van der Waals surface area contributed by atoms with E-state index in [2.05, 4.69) is 4.74 Å². The van der Waals surface area contributed by atoms with Gasteiger partial charge in [0.2, 0.25) is 5.88 Å². The predicted octanol–water partition coefficient (Wildman–Crippen LogP) is 1.37. The first-order valence-electron chi connectivity index (χ1n) is 4.51. The topological polar surface area (TPSA) is 79.4 Å². The second-order valence-electron chi connectivity index (χ2n) is 3.22. The van der Waals surface area contributed by atoms with Gasteiger partial charge in [0.15, 0.2) is 5.43 Å². The Balaban J connectivity index is 3.23. The number of carboxylic acid groups (broad SMARTS) is 1. The molecule has 0 amide bonds. The molecule has 9 heteroatoms. The number of aromatic amines is 1. The maximum absolute atomic E-state index is 12.4. The summed E-state index contributed by atoms with van der Waals surface area (Å²) in [6.07, 6.45) is -5.83. The fraction of sp³-hybridized carbons (Fsp3) is 0.333. The SMILES string of the molecule is O=C(O)Cc1cc(=O)c(CF)c(OC(F)(F)F)[nH]1. The molecule has 5 nitrogen and oxygen atoms in total. The quantitative estimate of drug-likeness (QED) is 0.809. The first kappa shape index (κ1) is 14.0. The number of pyridine rings is 1. The number of aliphatic carboxylic acids is 1. The standard InChI is InChI=1S/C9H7F4NO4/c10-3-5-6(15)1-4(2-7(16)17)14-8(5)18-9(11,12)13/h1H,2-3H2,(H,14,15)(H,16,17). The highest BCUT2D eigenvalue weighted by Gasteiger charge is 2.33. The van der Waals surface area contributed by atoms with E-state index in [9.17, 15) is 27.2 Å². The largest absolute Gasteiger partial charge is 0.574 e. The monoisotopic (exact) mass is 269 g/mol. The summed E-state index contributed by atoms with van der Waals surface area (Å²) in [4.78, 5) is 23.6. The molecule has 0 aliphatic rings. The number of alkyl halides is 4. The van der Waals surface area contributed by atoms with Gasteiger partial charge in [-0.1, -0.05) is 0 Å². The molecular weight excluding hydrogens is 262 g/mol. The van der Waals surface area contributed by atoms with E-state index in [1.165, 1.54) is 0 Å². The number of ether oxygens (including phenoxy) is 1. The first-order valence-corrected chi connectivity index (χ1v) is 4.51. The van der Waals surface area contributed by atoms with Crippen LogP contribution in [0.25, 0.3) is 0 Å². The van der Waals surface area contributed by atoms with Gasteiger partial charge in [-0.05, 0) is 0 Å². The zero-order valence-corrected chi connectivity index (χ0v) is 8.68. The second-order valence-corrected chi connectivity index (χ2v) is 3.22. The highest BCUT2D eigenvalue weighted by Crippen LogP contribution is 2.23. The molecule has 0 radical (unpaired) electrons. The van der Waals surface area contributed by atoms with Crippen LogP contribution in [0.1, 0.15) is 11.3 Å². The Morgan fingerprint density at radius 3 is 2.50 bits per heavy atom. The summed E-state index contributed by atoms with van der Waals surface area (Å²) in [6.45, 7) is -1.46. The highest BCUT2D eigenvalue weighted by molar-refractivity contribution is 5.69. The number of halogens is 4. The van der Waals surface area contributed by atoms with E-state index < -0.39 is 42.3 Å². The molecule has 0 saturated heterocycles. The summed E-state index contributed by atoms with van der Waals surface area (Å²) in [7, 11) is 0. The minimum absolute atomic E-state index is 0.316. The summed E-state index contributed by atoms with van der Waals surface area (Å²) in [6, 6.07) is 0.715. The lowest BCUT2D eigenvalue weighted by Gasteiger charge is -2.12. The number of H-pyrrole nitrogens is 1. The maximum Gasteiger partial charge on any atom is 0.574 e. The Hall–Kier alpha value is -2.06. The first-order chi connectivity index (χ1) is 8.23. The Labute approximate surface area is 97.0 Å². The zero-order valence-electron chi connectivity index (χ0n) is 8.68. The molecule has 0 saturated carbocycles. The Morgan fingerprint density at radius 1 is 1.44 bits per heavy atom. The van der Waals surface area contributed by atoms with Gasteiger partial charge in [-0.3, -0.25) is 9.59 Å². The Bertz CT molecular complexity index is 508. The molecule has 0 aromatic carbocycles. The fourth-order valence-electron chi connectivity index (χ4n) is 1.20. The van der Waals surface area contributed by atoms with Crippen molar-refractivity contribution in [2.24, 2.45) is 0 Å². The van der Waals surface area contributed by atoms with Crippen molar-refractivity contribution in [2.75, 3.05) is 0 Å². The van der Waals surface area contributed by atoms with Crippen LogP contribution in [0.5, 0.6) is 5.88 Å². The van der Waals surface area contributed by atoms with Crippen LogP contribution in [-0.2, 0) is 17.9 Å². The summed E-state index contributed by atoms with van der Waals surface area (Å²) >= 11 is 0. The van der Waals surface area contributed by atoms with Crippen molar-refractivity contribution >= 4 is 5.97 Å². The van der Waals surface area contributed by atoms with Crippen molar-refractivity contribution in [3.63, 3.8) is 0 Å². The molecule has 2 N–H and O–H groups in total. The molecule has 1 aromatic heterocycles. The summed E-state index contributed by atoms with van der Waals surface area (Å²) in [5.41, 5.74) is -2.22. The molecule has 0 bridgehead atoms. The summed E-state index contributed by atoms with van der Waals surface area (Å²) in [5.74, 6) is -2.50. The number of hydrogen-bond acceptors (Lipinski definition) is 3. The molecule has 100 valence electrons. The van der Waals surface area contributed by atoms with Crippen LogP contribution in [0.15, 0.2) is 10.9 Å². The Kier molecular flexibility index (Phi) is 3.94. The van der Waals surface area contributed by atoms with Crippen LogP contribution in [-0.4, -0.2) is 22.4 Å². The van der Waals surface area contributed by atoms with Gasteiger partial charge in [0.1, 0.15) is 6.67 Å². The zero-order chi connectivity index (χ0) is 13.9. The van der Waals surface area contributed by atoms with Gasteiger partial charge >= 0.3 is 12.3 Å². The van der Waals surface area contributed by atoms with Gasteiger partial charge in [-0.2, -0.15) is 0 Å². The van der Waals surface area contributed by atoms with E-state index in [0.717, 1.165) is 0 Å². The fourth-order valence-corrected chi connectivity index (χ4v) is 1.20. The lowest BCUT2D eigenvalue weighted by Crippen LogP contribution is -2.23. The van der Waals surface area contributed by atoms with Gasteiger partial charge in [-0.15, -0.1) is 13.2 Å². The van der Waals surface area contributed by atoms with E-state index in [0.29, 0.717) is 6.07 Å². The normalized spacial score (nSPS) is 11.3. The van der Waals surface area contributed by atoms with Crippen molar-refractivity contribution in [3.05, 3.63) is 27.5 Å². The smallest absolute Gasteiger partial charge is 0.481 e. The number of nitrogens with one attached hydrogen (secondary N) is 1. The molecule has 0 spiro atoms. The van der Waals surface area contributed by atoms with Crippen LogP contribution in [0, 0.1) is 0 Å². The average Bonchev–Trinajstić information content (AvgIpc) is 2.13. The molecule has 0 atom stereocenters. The summed E-state index contributed by atoms with van der Waals surface area (Å²) in [5, 5.41) is 8.45. The number of carboxylic acids is 1. The van der Waals surface area contributed by atoms with Crippen molar-refractivity contribution in [1.29, 1.82) is 0 Å². The molecule has 18 heavy (non-hydrogen) atoms. The van der Waals surface area contributed by atoms with Crippen LogP contribution in [0.2, 0.25) is 0 Å². The molecule has 1 rings (SSSR count). The average molecular weight is 269 g/mol. The third-order valence-corrected chi connectivity index (χ3v) is 1.84. The lowest BCUT2D eigenvalue weighted by molar-refractivity contribution is -0.276. The number of carbonyl (C=O) groups is 1. The number of hydrogen-bond donors (Lipinski definition) is 2. The number of rotatable bonds is 4. The lowest BCUT2D eigenvalue weighted by atomic mass is 10.2. The van der Waals surface area contributed by atoms with Crippen molar-refractivity contribution in [3.8, 4) is 5.88 Å². The van der Waals surface area contributed by atoms with Crippen molar-refractivity contribution in [2.45, 2.75) is 19.5 Å². The van der Waals surface area contributed by atoms with Crippen molar-refractivity contribution < 1.29 is 32.2 Å². The maximum atomic E-state index is 12.4. The molecule has 1 aromatic rings. The Morgan fingerprint density at radius 2 is 2.06 bits per heavy atom. The third-order valence-electron chi connectivity index (χ3n) is 1.84. The molecule has 0 unspecified atom stereocenters. The molecule has 0 fully saturated rings. The highest BCUT2D eigenvalue weighted by atomic mass is 19.4. The van der Waals surface area contributed by atoms with Crippen LogP contribution < -0.4 is 10.2 Å². The van der Waals surface area contributed by atoms with Gasteiger partial charge in [0.05, 0.1) is 12.0 Å². The second kappa shape index (κ2) is 5.07. The molecule has 1 heterocycles. The predicted molar refractivity (Wildman–Crippen MR) is 49.9 cm³/mol. The van der Waals surface area contributed by atoms with Gasteiger partial charge in [-0.25, -0.2) is 4.39 Å². The van der Waals surface area contributed by atoms with Gasteiger partial charge < -0.3 is 14.8 Å². The van der Waals surface area contributed by atoms with Crippen LogP contribution in [0.4, 0.5) is 17.6 Å². The van der Waals surface area contributed by atoms with Crippen molar-refractivity contribution in [1.82, 2.24) is 4.98 Å². The molecular formula is C9H7F4NO4. The minimum atomic E-state index is -5.12. The van der Waals surface area contributed by atoms with E-state index in [-0.39, 0.29) is 5.69 Å². The van der Waals surface area contributed by atoms with Gasteiger partial charge in [0, 0.05) is 11.8 Å². The van der Waals surface area contributed by atoms with Gasteiger partial charge in [0.25, 0.3) is 0 Å². The minimum Gasteiger partial charge on any atom is -0.481 e.